The van der Waals surface area contributed by atoms with Crippen molar-refractivity contribution in [3.05, 3.63) is 40.3 Å². The number of hydrogen-bond acceptors (Lipinski definition) is 5. The summed E-state index contributed by atoms with van der Waals surface area (Å²) in [5.74, 6) is 0.461. The third-order valence-electron chi connectivity index (χ3n) is 4.44. The number of halogens is 2. The van der Waals surface area contributed by atoms with Gasteiger partial charge in [-0.15, -0.1) is 0 Å². The van der Waals surface area contributed by atoms with E-state index in [1.54, 1.807) is 23.1 Å². The highest BCUT2D eigenvalue weighted by Gasteiger charge is 2.34. The highest BCUT2D eigenvalue weighted by molar-refractivity contribution is 6.33. The summed E-state index contributed by atoms with van der Waals surface area (Å²) in [6.45, 7) is 3.28. The number of carbonyl (C=O) groups excluding carboxylic acids is 1. The predicted octanol–water partition coefficient (Wildman–Crippen LogP) is 2.59. The molecule has 0 bridgehead atoms. The number of nitrogens with one attached hydrogen (secondary N) is 2. The minimum atomic E-state index is -0.598. The maximum atomic E-state index is 12.5. The number of aliphatic hydroxyl groups excluding tert-OH is 1. The zero-order valence-electron chi connectivity index (χ0n) is 14.3. The Morgan fingerprint density at radius 3 is 2.85 bits per heavy atom. The zero-order chi connectivity index (χ0) is 18.7. The van der Waals surface area contributed by atoms with Crippen LogP contribution in [0.25, 0.3) is 0 Å². The Bertz CT molecular complexity index is 782. The predicted molar refractivity (Wildman–Crippen MR) is 101 cm³/mol. The molecule has 1 unspecified atom stereocenters. The van der Waals surface area contributed by atoms with Gasteiger partial charge in [-0.25, -0.2) is 4.98 Å². The van der Waals surface area contributed by atoms with Gasteiger partial charge in [0.1, 0.15) is 5.82 Å². The molecule has 2 aromatic heterocycles. The Kier molecular flexibility index (Phi) is 6.01. The molecule has 1 saturated carbocycles. The smallest absolute Gasteiger partial charge is 0.253 e. The van der Waals surface area contributed by atoms with E-state index >= 15 is 0 Å². The van der Waals surface area contributed by atoms with Crippen LogP contribution in [0.15, 0.2) is 24.7 Å². The van der Waals surface area contributed by atoms with Gasteiger partial charge in [-0.05, 0) is 31.7 Å². The third kappa shape index (κ3) is 4.47. The van der Waals surface area contributed by atoms with Crippen LogP contribution >= 0.6 is 23.2 Å². The summed E-state index contributed by atoms with van der Waals surface area (Å²) in [6.07, 6.45) is 5.48. The Hall–Kier alpha value is -1.83. The molecule has 2 heterocycles. The molecule has 0 aromatic carbocycles. The maximum absolute atomic E-state index is 12.5. The molecule has 1 amide bonds. The molecule has 3 rings (SSSR count). The summed E-state index contributed by atoms with van der Waals surface area (Å²) < 4.78 is 1.76. The van der Waals surface area contributed by atoms with Crippen LogP contribution in [0.3, 0.4) is 0 Å². The molecule has 3 atom stereocenters. The molecule has 0 spiro atoms. The van der Waals surface area contributed by atoms with Gasteiger partial charge in [0.25, 0.3) is 5.91 Å². The van der Waals surface area contributed by atoms with E-state index in [1.165, 1.54) is 6.20 Å². The van der Waals surface area contributed by atoms with Crippen molar-refractivity contribution in [2.75, 3.05) is 11.9 Å². The van der Waals surface area contributed by atoms with Crippen molar-refractivity contribution >= 4 is 34.9 Å². The number of aromatic nitrogens is 3. The van der Waals surface area contributed by atoms with Gasteiger partial charge in [0.05, 0.1) is 34.0 Å². The summed E-state index contributed by atoms with van der Waals surface area (Å²) in [5.41, 5.74) is 0.367. The number of anilines is 1. The molecule has 140 valence electrons. The number of nitrogens with zero attached hydrogens (tertiary/aromatic N) is 3. The monoisotopic (exact) mass is 397 g/mol. The lowest BCUT2D eigenvalue weighted by Crippen LogP contribution is -2.40. The Balaban J connectivity index is 1.59. The van der Waals surface area contributed by atoms with Crippen LogP contribution in [0.1, 0.15) is 30.1 Å². The molecule has 9 heteroatoms. The largest absolute Gasteiger partial charge is 0.391 e. The zero-order valence-corrected chi connectivity index (χ0v) is 15.8. The van der Waals surface area contributed by atoms with E-state index in [0.717, 1.165) is 0 Å². The molecule has 26 heavy (non-hydrogen) atoms. The number of hydrogen-bond donors (Lipinski definition) is 3. The SMILES string of the molecule is CCNc1ncc(C(=O)N[C@@H]2CC(Cn3cc(Cl)cn3)C[C@H]2O)cc1Cl. The highest BCUT2D eigenvalue weighted by atomic mass is 35.5. The van der Waals surface area contributed by atoms with Crippen molar-refractivity contribution < 1.29 is 9.90 Å². The van der Waals surface area contributed by atoms with Gasteiger partial charge in [0, 0.05) is 25.5 Å². The van der Waals surface area contributed by atoms with Gasteiger partial charge >= 0.3 is 0 Å². The lowest BCUT2D eigenvalue weighted by molar-refractivity contribution is 0.0872. The number of carbonyl (C=O) groups is 1. The molecular weight excluding hydrogens is 377 g/mol. The molecule has 7 nitrogen and oxygen atoms in total. The Labute approximate surface area is 161 Å². The van der Waals surface area contributed by atoms with Crippen molar-refractivity contribution in [1.82, 2.24) is 20.1 Å². The van der Waals surface area contributed by atoms with Crippen molar-refractivity contribution in [3.8, 4) is 0 Å². The minimum Gasteiger partial charge on any atom is -0.391 e. The lowest BCUT2D eigenvalue weighted by Gasteiger charge is -2.16. The van der Waals surface area contributed by atoms with E-state index in [0.29, 0.717) is 47.4 Å². The number of rotatable bonds is 6. The number of amides is 1. The topological polar surface area (TPSA) is 92.1 Å². The van der Waals surface area contributed by atoms with Gasteiger partial charge < -0.3 is 15.7 Å². The average Bonchev–Trinajstić information content (AvgIpc) is 3.15. The summed E-state index contributed by atoms with van der Waals surface area (Å²) in [5, 5.41) is 21.3. The normalized spacial score (nSPS) is 22.4. The first-order chi connectivity index (χ1) is 12.5. The molecule has 2 aromatic rings. The lowest BCUT2D eigenvalue weighted by atomic mass is 10.1. The van der Waals surface area contributed by atoms with Crippen LogP contribution < -0.4 is 10.6 Å². The van der Waals surface area contributed by atoms with Crippen LogP contribution in [0.5, 0.6) is 0 Å². The van der Waals surface area contributed by atoms with Crippen LogP contribution in [0, 0.1) is 5.92 Å². The molecule has 0 saturated heterocycles. The molecular formula is C17H21Cl2N5O2. The van der Waals surface area contributed by atoms with Crippen molar-refractivity contribution in [3.63, 3.8) is 0 Å². The average molecular weight is 398 g/mol. The van der Waals surface area contributed by atoms with Crippen molar-refractivity contribution in [2.45, 2.75) is 38.5 Å². The van der Waals surface area contributed by atoms with E-state index < -0.39 is 6.10 Å². The molecule has 3 N–H and O–H groups in total. The fourth-order valence-electron chi connectivity index (χ4n) is 3.24. The Morgan fingerprint density at radius 1 is 1.38 bits per heavy atom. The van der Waals surface area contributed by atoms with Crippen LogP contribution in [-0.2, 0) is 6.54 Å². The van der Waals surface area contributed by atoms with E-state index in [9.17, 15) is 9.90 Å². The van der Waals surface area contributed by atoms with Crippen LogP contribution in [-0.4, -0.2) is 44.5 Å². The molecule has 1 aliphatic rings. The fourth-order valence-corrected chi connectivity index (χ4v) is 3.63. The molecule has 0 aliphatic heterocycles. The molecule has 0 radical (unpaired) electrons. The summed E-state index contributed by atoms with van der Waals surface area (Å²) in [6, 6.07) is 1.26. The first-order valence-electron chi connectivity index (χ1n) is 8.52. The second-order valence-electron chi connectivity index (χ2n) is 6.45. The van der Waals surface area contributed by atoms with Crippen molar-refractivity contribution in [2.24, 2.45) is 5.92 Å². The van der Waals surface area contributed by atoms with Gasteiger partial charge in [0.15, 0.2) is 0 Å². The van der Waals surface area contributed by atoms with Gasteiger partial charge in [0.2, 0.25) is 0 Å². The second-order valence-corrected chi connectivity index (χ2v) is 7.29. The highest BCUT2D eigenvalue weighted by Crippen LogP contribution is 2.28. The van der Waals surface area contributed by atoms with E-state index in [4.69, 9.17) is 23.2 Å². The Morgan fingerprint density at radius 2 is 2.19 bits per heavy atom. The van der Waals surface area contributed by atoms with Gasteiger partial charge in [-0.3, -0.25) is 9.48 Å². The summed E-state index contributed by atoms with van der Waals surface area (Å²) >= 11 is 12.0. The molecule has 1 fully saturated rings. The minimum absolute atomic E-state index is 0.212. The number of aliphatic hydroxyl groups is 1. The van der Waals surface area contributed by atoms with Crippen LogP contribution in [0.4, 0.5) is 5.82 Å². The standard InChI is InChI=1S/C17H21Cl2N5O2/c1-2-20-16-13(19)5-11(6-21-16)17(26)23-14-3-10(4-15(14)25)8-24-9-12(18)7-22-24/h5-7,9-10,14-15,25H,2-4,8H2,1H3,(H,20,21)(H,23,26)/t10?,14-,15-/m1/s1. The first kappa shape index (κ1) is 18.9. The van der Waals surface area contributed by atoms with E-state index in [-0.39, 0.29) is 17.9 Å². The van der Waals surface area contributed by atoms with E-state index in [1.807, 2.05) is 6.92 Å². The van der Waals surface area contributed by atoms with Gasteiger partial charge in [-0.1, -0.05) is 23.2 Å². The van der Waals surface area contributed by atoms with Crippen LogP contribution in [0.2, 0.25) is 10.0 Å². The quantitative estimate of drug-likeness (QED) is 0.696. The fraction of sp³-hybridized carbons (Fsp3) is 0.471. The third-order valence-corrected chi connectivity index (χ3v) is 4.92. The van der Waals surface area contributed by atoms with E-state index in [2.05, 4.69) is 20.7 Å². The second kappa shape index (κ2) is 8.24. The molecule has 1 aliphatic carbocycles. The number of pyridine rings is 1. The summed E-state index contributed by atoms with van der Waals surface area (Å²) in [4.78, 5) is 16.6. The first-order valence-corrected chi connectivity index (χ1v) is 9.28. The summed E-state index contributed by atoms with van der Waals surface area (Å²) in [7, 11) is 0. The van der Waals surface area contributed by atoms with Gasteiger partial charge in [-0.2, -0.15) is 5.10 Å². The van der Waals surface area contributed by atoms with Crippen molar-refractivity contribution in [1.29, 1.82) is 0 Å². The maximum Gasteiger partial charge on any atom is 0.253 e.